The minimum Gasteiger partial charge on any atom is -0.369 e. The second kappa shape index (κ2) is 4.67. The third-order valence-corrected chi connectivity index (χ3v) is 1.96. The van der Waals surface area contributed by atoms with E-state index in [1.807, 2.05) is 7.05 Å². The van der Waals surface area contributed by atoms with Crippen molar-refractivity contribution in [1.82, 2.24) is 4.90 Å². The van der Waals surface area contributed by atoms with Gasteiger partial charge in [-0.1, -0.05) is 26.1 Å². The summed E-state index contributed by atoms with van der Waals surface area (Å²) < 4.78 is 0. The van der Waals surface area contributed by atoms with E-state index in [1.54, 1.807) is 0 Å². The maximum atomic E-state index is 5.18. The molecule has 0 N–H and O–H groups in total. The first kappa shape index (κ1) is 9.89. The molecule has 0 spiro atoms. The number of hydrogen-bond donors (Lipinski definition) is 0. The molecule has 0 aliphatic heterocycles. The predicted octanol–water partition coefficient (Wildman–Crippen LogP) is 2.31. The molecular formula is C8H17NS. The van der Waals surface area contributed by atoms with Crippen molar-refractivity contribution in [3.8, 4) is 0 Å². The number of nitrogens with zero attached hydrogens (tertiary/aromatic N) is 1. The molecule has 10 heavy (non-hydrogen) atoms. The van der Waals surface area contributed by atoms with Gasteiger partial charge in [-0.15, -0.1) is 0 Å². The highest BCUT2D eigenvalue weighted by molar-refractivity contribution is 7.80. The lowest BCUT2D eigenvalue weighted by molar-refractivity contribution is 0.515. The van der Waals surface area contributed by atoms with Crippen LogP contribution in [0.2, 0.25) is 0 Å². The van der Waals surface area contributed by atoms with E-state index in [4.69, 9.17) is 12.2 Å². The van der Waals surface area contributed by atoms with Crippen LogP contribution >= 0.6 is 12.2 Å². The van der Waals surface area contributed by atoms with Crippen LogP contribution in [0.5, 0.6) is 0 Å². The van der Waals surface area contributed by atoms with E-state index in [0.717, 1.165) is 18.0 Å². The lowest BCUT2D eigenvalue weighted by atomic mass is 10.1. The maximum Gasteiger partial charge on any atom is 0.0779 e. The first-order valence-electron chi connectivity index (χ1n) is 3.81. The Morgan fingerprint density at radius 3 is 2.30 bits per heavy atom. The van der Waals surface area contributed by atoms with Crippen molar-refractivity contribution in [3.05, 3.63) is 0 Å². The van der Waals surface area contributed by atoms with Gasteiger partial charge < -0.3 is 4.90 Å². The fourth-order valence-corrected chi connectivity index (χ4v) is 1.14. The van der Waals surface area contributed by atoms with Crippen LogP contribution in [0.25, 0.3) is 0 Å². The van der Waals surface area contributed by atoms with Gasteiger partial charge in [0, 0.05) is 20.0 Å². The SMILES string of the molecule is CCN(C)C(=S)CC(C)C. The molecule has 2 heteroatoms. The summed E-state index contributed by atoms with van der Waals surface area (Å²) in [4.78, 5) is 3.20. The molecule has 0 unspecified atom stereocenters. The summed E-state index contributed by atoms with van der Waals surface area (Å²) >= 11 is 5.18. The third-order valence-electron chi connectivity index (χ3n) is 1.48. The molecule has 0 aliphatic carbocycles. The molecule has 0 saturated heterocycles. The van der Waals surface area contributed by atoms with E-state index in [-0.39, 0.29) is 0 Å². The predicted molar refractivity (Wildman–Crippen MR) is 50.4 cm³/mol. The molecule has 0 bridgehead atoms. The van der Waals surface area contributed by atoms with Crippen molar-refractivity contribution in [2.24, 2.45) is 5.92 Å². The molecule has 0 aliphatic rings. The lowest BCUT2D eigenvalue weighted by Gasteiger charge is -2.18. The molecule has 0 amide bonds. The first-order valence-corrected chi connectivity index (χ1v) is 4.22. The Labute approximate surface area is 69.4 Å². The van der Waals surface area contributed by atoms with E-state index in [0.29, 0.717) is 5.92 Å². The van der Waals surface area contributed by atoms with E-state index in [9.17, 15) is 0 Å². The van der Waals surface area contributed by atoms with E-state index >= 15 is 0 Å². The highest BCUT2D eigenvalue weighted by Crippen LogP contribution is 2.03. The Balaban J connectivity index is 3.62. The highest BCUT2D eigenvalue weighted by atomic mass is 32.1. The van der Waals surface area contributed by atoms with Gasteiger partial charge in [0.25, 0.3) is 0 Å². The summed E-state index contributed by atoms with van der Waals surface area (Å²) in [7, 11) is 2.05. The van der Waals surface area contributed by atoms with Crippen molar-refractivity contribution in [2.75, 3.05) is 13.6 Å². The average molecular weight is 159 g/mol. The minimum absolute atomic E-state index is 0.682. The third kappa shape index (κ3) is 3.83. The molecule has 0 saturated carbocycles. The molecule has 0 aromatic rings. The van der Waals surface area contributed by atoms with Gasteiger partial charge in [-0.25, -0.2) is 0 Å². The van der Waals surface area contributed by atoms with Crippen LogP contribution in [-0.4, -0.2) is 23.5 Å². The molecule has 0 aromatic heterocycles. The number of hydrogen-bond acceptors (Lipinski definition) is 1. The van der Waals surface area contributed by atoms with Gasteiger partial charge in [0.2, 0.25) is 0 Å². The molecule has 0 heterocycles. The standard InChI is InChI=1S/C8H17NS/c1-5-9(4)8(10)6-7(2)3/h7H,5-6H2,1-4H3. The van der Waals surface area contributed by atoms with Crippen LogP contribution in [0.3, 0.4) is 0 Å². The van der Waals surface area contributed by atoms with E-state index in [2.05, 4.69) is 25.7 Å². The fraction of sp³-hybridized carbons (Fsp3) is 0.875. The Kier molecular flexibility index (Phi) is 4.62. The zero-order valence-electron chi connectivity index (χ0n) is 7.35. The van der Waals surface area contributed by atoms with Crippen molar-refractivity contribution in [3.63, 3.8) is 0 Å². The summed E-state index contributed by atoms with van der Waals surface area (Å²) in [6.07, 6.45) is 1.04. The zero-order valence-corrected chi connectivity index (χ0v) is 8.16. The van der Waals surface area contributed by atoms with Gasteiger partial charge >= 0.3 is 0 Å². The van der Waals surface area contributed by atoms with Gasteiger partial charge in [-0.2, -0.15) is 0 Å². The number of rotatable bonds is 3. The molecule has 0 rings (SSSR count). The number of thiocarbonyl (C=S) groups is 1. The molecule has 60 valence electrons. The largest absolute Gasteiger partial charge is 0.369 e. The normalized spacial score (nSPS) is 10.1. The topological polar surface area (TPSA) is 3.24 Å². The second-order valence-electron chi connectivity index (χ2n) is 3.01. The van der Waals surface area contributed by atoms with Crippen LogP contribution in [0, 0.1) is 5.92 Å². The second-order valence-corrected chi connectivity index (χ2v) is 3.48. The Bertz CT molecular complexity index is 110. The van der Waals surface area contributed by atoms with Gasteiger partial charge in [0.1, 0.15) is 0 Å². The molecule has 0 fully saturated rings. The van der Waals surface area contributed by atoms with Gasteiger partial charge in [-0.3, -0.25) is 0 Å². The summed E-state index contributed by atoms with van der Waals surface area (Å²) in [6, 6.07) is 0. The Hall–Kier alpha value is -0.110. The van der Waals surface area contributed by atoms with Crippen LogP contribution in [0.4, 0.5) is 0 Å². The highest BCUT2D eigenvalue weighted by Gasteiger charge is 2.03. The Morgan fingerprint density at radius 1 is 1.50 bits per heavy atom. The van der Waals surface area contributed by atoms with Gasteiger partial charge in [0.05, 0.1) is 4.99 Å². The van der Waals surface area contributed by atoms with Crippen molar-refractivity contribution >= 4 is 17.2 Å². The van der Waals surface area contributed by atoms with Gasteiger partial charge in [0.15, 0.2) is 0 Å². The van der Waals surface area contributed by atoms with Crippen LogP contribution in [0.15, 0.2) is 0 Å². The maximum absolute atomic E-state index is 5.18. The van der Waals surface area contributed by atoms with Crippen molar-refractivity contribution < 1.29 is 0 Å². The lowest BCUT2D eigenvalue weighted by Crippen LogP contribution is -2.25. The summed E-state index contributed by atoms with van der Waals surface area (Å²) in [5.74, 6) is 0.682. The molecule has 0 atom stereocenters. The van der Waals surface area contributed by atoms with Crippen LogP contribution in [0.1, 0.15) is 27.2 Å². The molecule has 0 radical (unpaired) electrons. The van der Waals surface area contributed by atoms with Crippen molar-refractivity contribution in [2.45, 2.75) is 27.2 Å². The summed E-state index contributed by atoms with van der Waals surface area (Å²) in [5.41, 5.74) is 0. The summed E-state index contributed by atoms with van der Waals surface area (Å²) in [5, 5.41) is 0. The van der Waals surface area contributed by atoms with Crippen LogP contribution in [-0.2, 0) is 0 Å². The zero-order chi connectivity index (χ0) is 8.15. The average Bonchev–Trinajstić information content (AvgIpc) is 1.85. The monoisotopic (exact) mass is 159 g/mol. The summed E-state index contributed by atoms with van der Waals surface area (Å²) in [6.45, 7) is 7.52. The fourth-order valence-electron chi connectivity index (χ4n) is 0.681. The van der Waals surface area contributed by atoms with Crippen molar-refractivity contribution in [1.29, 1.82) is 0 Å². The van der Waals surface area contributed by atoms with E-state index < -0.39 is 0 Å². The Morgan fingerprint density at radius 2 is 2.00 bits per heavy atom. The quantitative estimate of drug-likeness (QED) is 0.581. The molecule has 1 nitrogen and oxygen atoms in total. The minimum atomic E-state index is 0.682. The van der Waals surface area contributed by atoms with Gasteiger partial charge in [-0.05, 0) is 12.8 Å². The van der Waals surface area contributed by atoms with E-state index in [1.165, 1.54) is 0 Å². The molecule has 0 aromatic carbocycles. The van der Waals surface area contributed by atoms with Crippen LogP contribution < -0.4 is 0 Å². The smallest absolute Gasteiger partial charge is 0.0779 e. The first-order chi connectivity index (χ1) is 4.57. The molecular weight excluding hydrogens is 142 g/mol.